The van der Waals surface area contributed by atoms with Gasteiger partial charge in [-0.15, -0.1) is 12.4 Å². The van der Waals surface area contributed by atoms with Gasteiger partial charge in [0.05, 0.1) is 6.04 Å². The smallest absolute Gasteiger partial charge is 0.237 e. The van der Waals surface area contributed by atoms with Gasteiger partial charge in [0.25, 0.3) is 0 Å². The first-order valence-corrected chi connectivity index (χ1v) is 7.72. The quantitative estimate of drug-likeness (QED) is 0.878. The minimum atomic E-state index is -0.446. The molecule has 1 aromatic carbocycles. The van der Waals surface area contributed by atoms with Crippen molar-refractivity contribution in [1.29, 1.82) is 0 Å². The number of hydrogen-bond donors (Lipinski definition) is 2. The van der Waals surface area contributed by atoms with Crippen molar-refractivity contribution < 1.29 is 4.79 Å². The SMILES string of the molecule is CC1CCCC(CNC(=O)[C@@H](N)Cc2ccccc2)C1.Cl. The number of rotatable bonds is 5. The second kappa shape index (κ2) is 9.06. The summed E-state index contributed by atoms with van der Waals surface area (Å²) in [7, 11) is 0. The number of nitrogens with two attached hydrogens (primary N) is 1. The molecule has 1 aromatic rings. The molecule has 2 rings (SSSR count). The molecule has 0 saturated heterocycles. The Labute approximate surface area is 134 Å². The summed E-state index contributed by atoms with van der Waals surface area (Å²) < 4.78 is 0. The summed E-state index contributed by atoms with van der Waals surface area (Å²) in [4.78, 5) is 12.0. The molecule has 3 atom stereocenters. The van der Waals surface area contributed by atoms with Gasteiger partial charge in [0.1, 0.15) is 0 Å². The van der Waals surface area contributed by atoms with Gasteiger partial charge in [0.15, 0.2) is 0 Å². The third-order valence-electron chi connectivity index (χ3n) is 4.25. The molecule has 1 aliphatic carbocycles. The molecule has 0 radical (unpaired) electrons. The van der Waals surface area contributed by atoms with E-state index in [1.54, 1.807) is 0 Å². The highest BCUT2D eigenvalue weighted by Crippen LogP contribution is 2.27. The maximum atomic E-state index is 12.0. The van der Waals surface area contributed by atoms with Crippen molar-refractivity contribution in [2.24, 2.45) is 17.6 Å². The van der Waals surface area contributed by atoms with Gasteiger partial charge in [-0.3, -0.25) is 4.79 Å². The van der Waals surface area contributed by atoms with E-state index in [0.29, 0.717) is 12.3 Å². The molecule has 1 amide bonds. The van der Waals surface area contributed by atoms with Crippen LogP contribution in [-0.2, 0) is 11.2 Å². The van der Waals surface area contributed by atoms with Gasteiger partial charge in [0.2, 0.25) is 5.91 Å². The highest BCUT2D eigenvalue weighted by atomic mass is 35.5. The van der Waals surface area contributed by atoms with Crippen molar-refractivity contribution in [2.75, 3.05) is 6.54 Å². The van der Waals surface area contributed by atoms with Crippen LogP contribution in [0.15, 0.2) is 30.3 Å². The third kappa shape index (κ3) is 6.06. The first kappa shape index (κ1) is 18.0. The Bertz CT molecular complexity index is 424. The molecule has 3 nitrogen and oxygen atoms in total. The van der Waals surface area contributed by atoms with Gasteiger partial charge in [0, 0.05) is 6.54 Å². The number of amides is 1. The molecule has 1 saturated carbocycles. The topological polar surface area (TPSA) is 55.1 Å². The summed E-state index contributed by atoms with van der Waals surface area (Å²) in [5.74, 6) is 1.40. The highest BCUT2D eigenvalue weighted by Gasteiger charge is 2.20. The van der Waals surface area contributed by atoms with Crippen LogP contribution in [0.4, 0.5) is 0 Å². The van der Waals surface area contributed by atoms with E-state index in [-0.39, 0.29) is 18.3 Å². The predicted octanol–water partition coefficient (Wildman–Crippen LogP) is 2.92. The Kier molecular flexibility index (Phi) is 7.76. The van der Waals surface area contributed by atoms with Gasteiger partial charge in [-0.25, -0.2) is 0 Å². The molecule has 4 heteroatoms. The van der Waals surface area contributed by atoms with Gasteiger partial charge in [-0.1, -0.05) is 50.1 Å². The standard InChI is InChI=1S/C17H26N2O.ClH/c1-13-6-5-9-15(10-13)12-19-17(20)16(18)11-14-7-3-2-4-8-14;/h2-4,7-8,13,15-16H,5-6,9-12,18H2,1H3,(H,19,20);1H/t13?,15?,16-;/m0./s1. The van der Waals surface area contributed by atoms with Crippen molar-refractivity contribution in [3.05, 3.63) is 35.9 Å². The summed E-state index contributed by atoms with van der Waals surface area (Å²) in [5, 5.41) is 3.03. The zero-order valence-corrected chi connectivity index (χ0v) is 13.6. The molecule has 3 N–H and O–H groups in total. The molecule has 0 aliphatic heterocycles. The molecular weight excluding hydrogens is 284 g/mol. The fourth-order valence-electron chi connectivity index (χ4n) is 3.08. The normalized spacial score (nSPS) is 23.0. The predicted molar refractivity (Wildman–Crippen MR) is 89.5 cm³/mol. The van der Waals surface area contributed by atoms with Crippen molar-refractivity contribution in [1.82, 2.24) is 5.32 Å². The molecule has 1 fully saturated rings. The van der Waals surface area contributed by atoms with Crippen LogP contribution < -0.4 is 11.1 Å². The van der Waals surface area contributed by atoms with E-state index in [9.17, 15) is 4.79 Å². The Hall–Kier alpha value is -1.06. The number of benzene rings is 1. The Balaban J connectivity index is 0.00000220. The van der Waals surface area contributed by atoms with Crippen LogP contribution >= 0.6 is 12.4 Å². The van der Waals surface area contributed by atoms with Crippen LogP contribution in [0.2, 0.25) is 0 Å². The summed E-state index contributed by atoms with van der Waals surface area (Å²) in [6.45, 7) is 3.08. The fourth-order valence-corrected chi connectivity index (χ4v) is 3.08. The van der Waals surface area contributed by atoms with Crippen LogP contribution in [0.25, 0.3) is 0 Å². The summed E-state index contributed by atoms with van der Waals surface area (Å²) in [5.41, 5.74) is 7.09. The molecule has 118 valence electrons. The number of halogens is 1. The van der Waals surface area contributed by atoms with E-state index in [1.165, 1.54) is 25.7 Å². The first-order chi connectivity index (χ1) is 9.65. The highest BCUT2D eigenvalue weighted by molar-refractivity contribution is 5.85. The lowest BCUT2D eigenvalue weighted by molar-refractivity contribution is -0.122. The number of carbonyl (C=O) groups is 1. The lowest BCUT2D eigenvalue weighted by Gasteiger charge is -2.27. The number of hydrogen-bond acceptors (Lipinski definition) is 2. The van der Waals surface area contributed by atoms with Gasteiger partial charge in [-0.2, -0.15) is 0 Å². The van der Waals surface area contributed by atoms with Crippen LogP contribution in [0, 0.1) is 11.8 Å². The van der Waals surface area contributed by atoms with E-state index in [1.807, 2.05) is 30.3 Å². The monoisotopic (exact) mass is 310 g/mol. The molecular formula is C17H27ClN2O. The summed E-state index contributed by atoms with van der Waals surface area (Å²) in [6.07, 6.45) is 5.69. The van der Waals surface area contributed by atoms with E-state index in [0.717, 1.165) is 18.0 Å². The van der Waals surface area contributed by atoms with E-state index in [2.05, 4.69) is 12.2 Å². The number of nitrogens with one attached hydrogen (secondary N) is 1. The van der Waals surface area contributed by atoms with E-state index in [4.69, 9.17) is 5.73 Å². The molecule has 0 heterocycles. The van der Waals surface area contributed by atoms with Gasteiger partial charge in [-0.05, 0) is 36.7 Å². The van der Waals surface area contributed by atoms with Crippen molar-refractivity contribution >= 4 is 18.3 Å². The molecule has 0 aromatic heterocycles. The zero-order chi connectivity index (χ0) is 14.4. The van der Waals surface area contributed by atoms with Crippen molar-refractivity contribution in [2.45, 2.75) is 45.1 Å². The van der Waals surface area contributed by atoms with Crippen LogP contribution in [-0.4, -0.2) is 18.5 Å². The molecule has 1 aliphatic rings. The second-order valence-electron chi connectivity index (χ2n) is 6.18. The van der Waals surface area contributed by atoms with Gasteiger partial charge < -0.3 is 11.1 Å². The lowest BCUT2D eigenvalue weighted by atomic mass is 9.82. The number of carbonyl (C=O) groups excluding carboxylic acids is 1. The minimum Gasteiger partial charge on any atom is -0.354 e. The zero-order valence-electron chi connectivity index (χ0n) is 12.8. The third-order valence-corrected chi connectivity index (χ3v) is 4.25. The molecule has 0 bridgehead atoms. The Morgan fingerprint density at radius 2 is 2.05 bits per heavy atom. The summed E-state index contributed by atoms with van der Waals surface area (Å²) >= 11 is 0. The molecule has 0 spiro atoms. The Morgan fingerprint density at radius 3 is 2.71 bits per heavy atom. The van der Waals surface area contributed by atoms with Crippen molar-refractivity contribution in [3.63, 3.8) is 0 Å². The largest absolute Gasteiger partial charge is 0.354 e. The average molecular weight is 311 g/mol. The lowest BCUT2D eigenvalue weighted by Crippen LogP contribution is -2.44. The van der Waals surface area contributed by atoms with Gasteiger partial charge >= 0.3 is 0 Å². The van der Waals surface area contributed by atoms with Crippen LogP contribution in [0.5, 0.6) is 0 Å². The second-order valence-corrected chi connectivity index (χ2v) is 6.18. The van der Waals surface area contributed by atoms with Crippen LogP contribution in [0.1, 0.15) is 38.2 Å². The minimum absolute atomic E-state index is 0. The van der Waals surface area contributed by atoms with E-state index >= 15 is 0 Å². The first-order valence-electron chi connectivity index (χ1n) is 7.72. The fraction of sp³-hybridized carbons (Fsp3) is 0.588. The van der Waals surface area contributed by atoms with Crippen LogP contribution in [0.3, 0.4) is 0 Å². The van der Waals surface area contributed by atoms with Crippen molar-refractivity contribution in [3.8, 4) is 0 Å². The van der Waals surface area contributed by atoms with E-state index < -0.39 is 6.04 Å². The maximum absolute atomic E-state index is 12.0. The maximum Gasteiger partial charge on any atom is 0.237 e. The molecule has 21 heavy (non-hydrogen) atoms. The summed E-state index contributed by atoms with van der Waals surface area (Å²) in [6, 6.07) is 9.50. The Morgan fingerprint density at radius 1 is 1.33 bits per heavy atom. The average Bonchev–Trinajstić information content (AvgIpc) is 2.46. The molecule has 2 unspecified atom stereocenters.